The van der Waals surface area contributed by atoms with Gasteiger partial charge in [0.05, 0.1) is 11.6 Å². The molecule has 1 aromatic rings. The normalized spacial score (nSPS) is 12.9. The molecule has 16 heavy (non-hydrogen) atoms. The first kappa shape index (κ1) is 13.5. The third-order valence-corrected chi connectivity index (χ3v) is 3.63. The second kappa shape index (κ2) is 6.23. The van der Waals surface area contributed by atoms with Crippen LogP contribution >= 0.6 is 15.9 Å². The summed E-state index contributed by atoms with van der Waals surface area (Å²) in [6.45, 7) is 3.38. The minimum atomic E-state index is 0.320. The van der Waals surface area contributed by atoms with Crippen LogP contribution in [-0.2, 0) is 0 Å². The van der Waals surface area contributed by atoms with Crippen LogP contribution < -0.4 is 16.2 Å². The molecule has 4 heteroatoms. The lowest BCUT2D eigenvalue weighted by molar-refractivity contribution is 0.411. The van der Waals surface area contributed by atoms with E-state index < -0.39 is 0 Å². The molecule has 0 saturated carbocycles. The third-order valence-electron chi connectivity index (χ3n) is 3.01. The van der Waals surface area contributed by atoms with E-state index in [4.69, 9.17) is 16.2 Å². The number of benzene rings is 1. The van der Waals surface area contributed by atoms with Crippen LogP contribution in [0.3, 0.4) is 0 Å². The maximum atomic E-state index is 5.70. The molecule has 0 aliphatic heterocycles. The van der Waals surface area contributed by atoms with Crippen LogP contribution in [0.2, 0.25) is 0 Å². The van der Waals surface area contributed by atoms with Crippen molar-refractivity contribution in [1.29, 1.82) is 0 Å². The minimum Gasteiger partial charge on any atom is -0.496 e. The van der Waals surface area contributed by atoms with Gasteiger partial charge in [-0.05, 0) is 58.6 Å². The predicted molar refractivity (Wildman–Crippen MR) is 70.7 cm³/mol. The molecule has 0 spiro atoms. The van der Waals surface area contributed by atoms with Gasteiger partial charge in [0.2, 0.25) is 0 Å². The van der Waals surface area contributed by atoms with Gasteiger partial charge >= 0.3 is 0 Å². The van der Waals surface area contributed by atoms with E-state index in [1.807, 2.05) is 6.07 Å². The summed E-state index contributed by atoms with van der Waals surface area (Å²) >= 11 is 3.48. The zero-order valence-corrected chi connectivity index (χ0v) is 11.3. The molecular weight excluding hydrogens is 268 g/mol. The van der Waals surface area contributed by atoms with Crippen molar-refractivity contribution in [2.75, 3.05) is 20.2 Å². The Bertz CT molecular complexity index is 340. The first-order valence-corrected chi connectivity index (χ1v) is 6.16. The summed E-state index contributed by atoms with van der Waals surface area (Å²) in [5.41, 5.74) is 12.6. The van der Waals surface area contributed by atoms with Gasteiger partial charge in [-0.2, -0.15) is 0 Å². The first-order valence-electron chi connectivity index (χ1n) is 5.37. The molecule has 1 aromatic carbocycles. The van der Waals surface area contributed by atoms with E-state index in [9.17, 15) is 0 Å². The summed E-state index contributed by atoms with van der Waals surface area (Å²) in [5.74, 6) is 1.52. The molecule has 0 amide bonds. The Hall–Kier alpha value is -0.580. The van der Waals surface area contributed by atoms with Crippen molar-refractivity contribution >= 4 is 15.9 Å². The molecule has 0 bridgehead atoms. The van der Waals surface area contributed by atoms with Gasteiger partial charge in [-0.3, -0.25) is 0 Å². The lowest BCUT2D eigenvalue weighted by atomic mass is 9.88. The van der Waals surface area contributed by atoms with Gasteiger partial charge in [-0.15, -0.1) is 0 Å². The van der Waals surface area contributed by atoms with Crippen molar-refractivity contribution in [3.05, 3.63) is 28.2 Å². The largest absolute Gasteiger partial charge is 0.496 e. The van der Waals surface area contributed by atoms with Gasteiger partial charge in [0.25, 0.3) is 0 Å². The third kappa shape index (κ3) is 2.97. The van der Waals surface area contributed by atoms with E-state index >= 15 is 0 Å². The lowest BCUT2D eigenvalue weighted by Crippen LogP contribution is -2.27. The number of hydrogen-bond donors (Lipinski definition) is 2. The molecule has 90 valence electrons. The van der Waals surface area contributed by atoms with Crippen molar-refractivity contribution in [1.82, 2.24) is 0 Å². The van der Waals surface area contributed by atoms with Crippen LogP contribution in [0.5, 0.6) is 5.75 Å². The van der Waals surface area contributed by atoms with Crippen LogP contribution in [0.4, 0.5) is 0 Å². The summed E-state index contributed by atoms with van der Waals surface area (Å²) < 4.78 is 6.16. The van der Waals surface area contributed by atoms with E-state index in [-0.39, 0.29) is 0 Å². The summed E-state index contributed by atoms with van der Waals surface area (Å²) in [7, 11) is 1.66. The number of nitrogens with two attached hydrogens (primary N) is 2. The molecule has 1 atom stereocenters. The van der Waals surface area contributed by atoms with Gasteiger partial charge < -0.3 is 16.2 Å². The Morgan fingerprint density at radius 2 is 1.94 bits per heavy atom. The van der Waals surface area contributed by atoms with Crippen LogP contribution in [-0.4, -0.2) is 20.2 Å². The Kier molecular flexibility index (Phi) is 5.25. The van der Waals surface area contributed by atoms with Crippen molar-refractivity contribution in [3.63, 3.8) is 0 Å². The highest BCUT2D eigenvalue weighted by Gasteiger charge is 2.17. The highest BCUT2D eigenvalue weighted by atomic mass is 79.9. The molecule has 0 aromatic heterocycles. The smallest absolute Gasteiger partial charge is 0.133 e. The Morgan fingerprint density at radius 3 is 2.38 bits per heavy atom. The summed E-state index contributed by atoms with van der Waals surface area (Å²) in [5, 5.41) is 0. The molecule has 0 radical (unpaired) electrons. The van der Waals surface area contributed by atoms with Crippen molar-refractivity contribution in [2.24, 2.45) is 17.4 Å². The lowest BCUT2D eigenvalue weighted by Gasteiger charge is -2.21. The van der Waals surface area contributed by atoms with Crippen molar-refractivity contribution in [3.8, 4) is 5.75 Å². The second-order valence-corrected chi connectivity index (χ2v) is 4.77. The van der Waals surface area contributed by atoms with Gasteiger partial charge in [-0.1, -0.05) is 13.0 Å². The molecule has 0 heterocycles. The molecular formula is C12H19BrN2O. The first-order chi connectivity index (χ1) is 7.63. The molecule has 1 rings (SSSR count). The molecule has 4 N–H and O–H groups in total. The zero-order valence-electron chi connectivity index (χ0n) is 9.74. The predicted octanol–water partition coefficient (Wildman–Crippen LogP) is 2.09. The Morgan fingerprint density at radius 1 is 1.31 bits per heavy atom. The maximum Gasteiger partial charge on any atom is 0.133 e. The quantitative estimate of drug-likeness (QED) is 0.871. The number of ether oxygens (including phenoxy) is 1. The molecule has 0 fully saturated rings. The van der Waals surface area contributed by atoms with Gasteiger partial charge in [0.15, 0.2) is 0 Å². The number of methoxy groups -OCH3 is 1. The Balaban J connectivity index is 2.91. The fourth-order valence-corrected chi connectivity index (χ4v) is 2.30. The topological polar surface area (TPSA) is 61.3 Å². The number of hydrogen-bond acceptors (Lipinski definition) is 3. The van der Waals surface area contributed by atoms with Crippen molar-refractivity contribution < 1.29 is 4.74 Å². The molecule has 1 unspecified atom stereocenters. The van der Waals surface area contributed by atoms with E-state index in [2.05, 4.69) is 35.0 Å². The monoisotopic (exact) mass is 286 g/mol. The Labute approximate surface area is 105 Å². The average Bonchev–Trinajstić information content (AvgIpc) is 2.30. The highest BCUT2D eigenvalue weighted by Crippen LogP contribution is 2.31. The van der Waals surface area contributed by atoms with Gasteiger partial charge in [0, 0.05) is 0 Å². The fourth-order valence-electron chi connectivity index (χ4n) is 1.74. The second-order valence-electron chi connectivity index (χ2n) is 3.91. The van der Waals surface area contributed by atoms with Crippen LogP contribution in [0.1, 0.15) is 18.4 Å². The average molecular weight is 287 g/mol. The van der Waals surface area contributed by atoms with E-state index in [1.54, 1.807) is 7.11 Å². The molecule has 0 aliphatic rings. The summed E-state index contributed by atoms with van der Waals surface area (Å²) in [6.07, 6.45) is 0. The zero-order chi connectivity index (χ0) is 12.1. The van der Waals surface area contributed by atoms with Crippen LogP contribution in [0.15, 0.2) is 22.7 Å². The fraction of sp³-hybridized carbons (Fsp3) is 0.500. The molecule has 0 aliphatic carbocycles. The van der Waals surface area contributed by atoms with Gasteiger partial charge in [-0.25, -0.2) is 0 Å². The van der Waals surface area contributed by atoms with E-state index in [0.29, 0.717) is 24.9 Å². The van der Waals surface area contributed by atoms with E-state index in [1.165, 1.54) is 5.56 Å². The van der Waals surface area contributed by atoms with Crippen molar-refractivity contribution in [2.45, 2.75) is 12.8 Å². The number of halogens is 1. The minimum absolute atomic E-state index is 0.320. The van der Waals surface area contributed by atoms with Crippen LogP contribution in [0, 0.1) is 5.92 Å². The summed E-state index contributed by atoms with van der Waals surface area (Å²) in [4.78, 5) is 0. The SMILES string of the molecule is COc1ccc(C(C)C(CN)CN)cc1Br. The molecule has 0 saturated heterocycles. The maximum absolute atomic E-state index is 5.70. The standard InChI is InChI=1S/C12H19BrN2O/c1-8(10(6-14)7-15)9-3-4-12(16-2)11(13)5-9/h3-5,8,10H,6-7,14-15H2,1-2H3. The molecule has 3 nitrogen and oxygen atoms in total. The number of rotatable bonds is 5. The summed E-state index contributed by atoms with van der Waals surface area (Å²) in [6, 6.07) is 6.09. The van der Waals surface area contributed by atoms with Gasteiger partial charge in [0.1, 0.15) is 5.75 Å². The van der Waals surface area contributed by atoms with Crippen LogP contribution in [0.25, 0.3) is 0 Å². The van der Waals surface area contributed by atoms with E-state index in [0.717, 1.165) is 10.2 Å². The highest BCUT2D eigenvalue weighted by molar-refractivity contribution is 9.10.